The van der Waals surface area contributed by atoms with Gasteiger partial charge in [0.05, 0.1) is 18.9 Å². The lowest BCUT2D eigenvalue weighted by Crippen LogP contribution is -2.08. The molecule has 0 amide bonds. The van der Waals surface area contributed by atoms with Crippen molar-refractivity contribution in [1.29, 1.82) is 0 Å². The lowest BCUT2D eigenvalue weighted by atomic mass is 10.2. The van der Waals surface area contributed by atoms with Crippen LogP contribution in [0.2, 0.25) is 0 Å². The number of nitrogens with one attached hydrogen (secondary N) is 1. The SMILES string of the molecule is CCCCCOc1ccc(CNc2ccccc2OCCOCC)cc1. The summed E-state index contributed by atoms with van der Waals surface area (Å²) in [5.41, 5.74) is 2.19. The Balaban J connectivity index is 1.81. The second-order valence-corrected chi connectivity index (χ2v) is 6.09. The van der Waals surface area contributed by atoms with Crippen LogP contribution in [0.1, 0.15) is 38.7 Å². The molecular weight excluding hydrogens is 326 g/mol. The molecule has 0 saturated heterocycles. The van der Waals surface area contributed by atoms with E-state index in [1.807, 2.05) is 43.3 Å². The first kappa shape index (κ1) is 20.1. The Kier molecular flexibility index (Phi) is 9.44. The number of unbranched alkanes of at least 4 members (excludes halogenated alkanes) is 2. The van der Waals surface area contributed by atoms with E-state index >= 15 is 0 Å². The predicted molar refractivity (Wildman–Crippen MR) is 107 cm³/mol. The standard InChI is InChI=1S/C22H31NO3/c1-3-5-8-15-25-20-13-11-19(12-14-20)18-23-21-9-6-7-10-22(21)26-17-16-24-4-2/h6-7,9-14,23H,3-5,8,15-18H2,1-2H3. The van der Waals surface area contributed by atoms with Gasteiger partial charge >= 0.3 is 0 Å². The van der Waals surface area contributed by atoms with Crippen LogP contribution in [-0.4, -0.2) is 26.4 Å². The molecule has 2 aromatic rings. The number of anilines is 1. The van der Waals surface area contributed by atoms with Crippen molar-refractivity contribution in [3.8, 4) is 11.5 Å². The highest BCUT2D eigenvalue weighted by atomic mass is 16.5. The van der Waals surface area contributed by atoms with Gasteiger partial charge in [-0.3, -0.25) is 0 Å². The second kappa shape index (κ2) is 12.2. The molecule has 4 heteroatoms. The molecule has 2 aromatic carbocycles. The summed E-state index contributed by atoms with van der Waals surface area (Å²) in [5, 5.41) is 3.44. The molecule has 0 fully saturated rings. The fourth-order valence-electron chi connectivity index (χ4n) is 2.54. The predicted octanol–water partition coefficient (Wildman–Crippen LogP) is 5.28. The highest BCUT2D eigenvalue weighted by Gasteiger charge is 2.03. The van der Waals surface area contributed by atoms with E-state index in [0.29, 0.717) is 19.8 Å². The molecular formula is C22H31NO3. The van der Waals surface area contributed by atoms with Crippen molar-refractivity contribution in [2.75, 3.05) is 31.7 Å². The van der Waals surface area contributed by atoms with Gasteiger partial charge in [0.2, 0.25) is 0 Å². The molecule has 4 nitrogen and oxygen atoms in total. The Morgan fingerprint density at radius 1 is 0.808 bits per heavy atom. The van der Waals surface area contributed by atoms with Crippen LogP contribution in [0.4, 0.5) is 5.69 Å². The van der Waals surface area contributed by atoms with Crippen molar-refractivity contribution >= 4 is 5.69 Å². The molecule has 0 bridgehead atoms. The molecule has 0 atom stereocenters. The van der Waals surface area contributed by atoms with Crippen LogP contribution in [0.25, 0.3) is 0 Å². The summed E-state index contributed by atoms with van der Waals surface area (Å²) in [4.78, 5) is 0. The maximum atomic E-state index is 5.80. The van der Waals surface area contributed by atoms with E-state index in [1.165, 1.54) is 18.4 Å². The molecule has 0 aliphatic rings. The second-order valence-electron chi connectivity index (χ2n) is 6.09. The van der Waals surface area contributed by atoms with Crippen molar-refractivity contribution in [1.82, 2.24) is 0 Å². The van der Waals surface area contributed by atoms with Crippen LogP contribution in [0.5, 0.6) is 11.5 Å². The molecule has 0 aliphatic carbocycles. The molecule has 0 aliphatic heterocycles. The van der Waals surface area contributed by atoms with E-state index in [0.717, 1.165) is 36.8 Å². The topological polar surface area (TPSA) is 39.7 Å². The van der Waals surface area contributed by atoms with E-state index in [1.54, 1.807) is 0 Å². The summed E-state index contributed by atoms with van der Waals surface area (Å²) < 4.78 is 16.9. The van der Waals surface area contributed by atoms with Crippen LogP contribution in [0, 0.1) is 0 Å². The van der Waals surface area contributed by atoms with Gasteiger partial charge in [-0.15, -0.1) is 0 Å². The molecule has 142 valence electrons. The zero-order valence-corrected chi connectivity index (χ0v) is 16.0. The number of hydrogen-bond donors (Lipinski definition) is 1. The molecule has 0 unspecified atom stereocenters. The molecule has 0 spiro atoms. The molecule has 26 heavy (non-hydrogen) atoms. The van der Waals surface area contributed by atoms with E-state index in [-0.39, 0.29) is 0 Å². The maximum absolute atomic E-state index is 5.80. The van der Waals surface area contributed by atoms with Gasteiger partial charge in [-0.2, -0.15) is 0 Å². The molecule has 1 N–H and O–H groups in total. The fraction of sp³-hybridized carbons (Fsp3) is 0.455. The van der Waals surface area contributed by atoms with Gasteiger partial charge in [0.15, 0.2) is 0 Å². The van der Waals surface area contributed by atoms with Crippen LogP contribution in [0.3, 0.4) is 0 Å². The Labute approximate surface area is 157 Å². The van der Waals surface area contributed by atoms with Gasteiger partial charge in [0.1, 0.15) is 18.1 Å². The first-order chi connectivity index (χ1) is 12.8. The minimum Gasteiger partial charge on any atom is -0.494 e. The largest absolute Gasteiger partial charge is 0.494 e. The van der Waals surface area contributed by atoms with Crippen molar-refractivity contribution < 1.29 is 14.2 Å². The van der Waals surface area contributed by atoms with Gasteiger partial charge in [0.25, 0.3) is 0 Å². The van der Waals surface area contributed by atoms with Gasteiger partial charge in [-0.05, 0) is 43.2 Å². The molecule has 2 rings (SSSR count). The Hall–Kier alpha value is -2.20. The van der Waals surface area contributed by atoms with E-state index in [9.17, 15) is 0 Å². The van der Waals surface area contributed by atoms with Gasteiger partial charge in [0, 0.05) is 13.2 Å². The number of benzene rings is 2. The minimum atomic E-state index is 0.552. The third-order valence-electron chi connectivity index (χ3n) is 4.00. The van der Waals surface area contributed by atoms with E-state index in [4.69, 9.17) is 14.2 Å². The third-order valence-corrected chi connectivity index (χ3v) is 4.00. The lowest BCUT2D eigenvalue weighted by molar-refractivity contribution is 0.110. The van der Waals surface area contributed by atoms with E-state index < -0.39 is 0 Å². The maximum Gasteiger partial charge on any atom is 0.142 e. The first-order valence-electron chi connectivity index (χ1n) is 9.58. The highest BCUT2D eigenvalue weighted by Crippen LogP contribution is 2.24. The number of para-hydroxylation sites is 2. The number of ether oxygens (including phenoxy) is 3. The third kappa shape index (κ3) is 7.36. The Morgan fingerprint density at radius 2 is 1.62 bits per heavy atom. The Bertz CT molecular complexity index is 613. The molecule has 0 aromatic heterocycles. The van der Waals surface area contributed by atoms with Crippen LogP contribution in [-0.2, 0) is 11.3 Å². The average Bonchev–Trinajstić information content (AvgIpc) is 2.69. The Morgan fingerprint density at radius 3 is 2.38 bits per heavy atom. The zero-order valence-electron chi connectivity index (χ0n) is 16.0. The van der Waals surface area contributed by atoms with Crippen molar-refractivity contribution in [2.24, 2.45) is 0 Å². The highest BCUT2D eigenvalue weighted by molar-refractivity contribution is 5.56. The lowest BCUT2D eigenvalue weighted by Gasteiger charge is -2.13. The summed E-state index contributed by atoms with van der Waals surface area (Å²) in [7, 11) is 0. The molecule has 0 saturated carbocycles. The first-order valence-corrected chi connectivity index (χ1v) is 9.58. The van der Waals surface area contributed by atoms with Crippen LogP contribution >= 0.6 is 0 Å². The van der Waals surface area contributed by atoms with E-state index in [2.05, 4.69) is 24.4 Å². The summed E-state index contributed by atoms with van der Waals surface area (Å²) in [5.74, 6) is 1.78. The average molecular weight is 357 g/mol. The fourth-order valence-corrected chi connectivity index (χ4v) is 2.54. The van der Waals surface area contributed by atoms with Gasteiger partial charge in [-0.1, -0.05) is 44.0 Å². The summed E-state index contributed by atoms with van der Waals surface area (Å²) in [6.45, 7) is 7.57. The van der Waals surface area contributed by atoms with Crippen LogP contribution in [0.15, 0.2) is 48.5 Å². The summed E-state index contributed by atoms with van der Waals surface area (Å²) >= 11 is 0. The van der Waals surface area contributed by atoms with Crippen molar-refractivity contribution in [2.45, 2.75) is 39.7 Å². The minimum absolute atomic E-state index is 0.552. The smallest absolute Gasteiger partial charge is 0.142 e. The molecule has 0 heterocycles. The summed E-state index contributed by atoms with van der Waals surface area (Å²) in [6.07, 6.45) is 3.54. The number of hydrogen-bond acceptors (Lipinski definition) is 4. The van der Waals surface area contributed by atoms with Gasteiger partial charge < -0.3 is 19.5 Å². The quantitative estimate of drug-likeness (QED) is 0.495. The van der Waals surface area contributed by atoms with Crippen LogP contribution < -0.4 is 14.8 Å². The van der Waals surface area contributed by atoms with Crippen molar-refractivity contribution in [3.05, 3.63) is 54.1 Å². The van der Waals surface area contributed by atoms with Crippen molar-refractivity contribution in [3.63, 3.8) is 0 Å². The summed E-state index contributed by atoms with van der Waals surface area (Å²) in [6, 6.07) is 16.3. The molecule has 0 radical (unpaired) electrons. The normalized spacial score (nSPS) is 10.5. The van der Waals surface area contributed by atoms with Gasteiger partial charge in [-0.25, -0.2) is 0 Å². The monoisotopic (exact) mass is 357 g/mol. The zero-order chi connectivity index (χ0) is 18.5. The number of rotatable bonds is 13.